The van der Waals surface area contributed by atoms with Crippen LogP contribution in [0.15, 0.2) is 30.3 Å². The predicted octanol–water partition coefficient (Wildman–Crippen LogP) is 3.55. The van der Waals surface area contributed by atoms with E-state index in [1.807, 2.05) is 25.2 Å². The van der Waals surface area contributed by atoms with Gasteiger partial charge in [0, 0.05) is 25.8 Å². The van der Waals surface area contributed by atoms with Gasteiger partial charge in [0.15, 0.2) is 0 Å². The molecule has 1 heterocycles. The minimum Gasteiger partial charge on any atom is -0.365 e. The molecule has 1 saturated carbocycles. The largest absolute Gasteiger partial charge is 0.365 e. The number of anilines is 1. The summed E-state index contributed by atoms with van der Waals surface area (Å²) in [4.78, 5) is 16.7. The van der Waals surface area contributed by atoms with E-state index in [4.69, 9.17) is 0 Å². The van der Waals surface area contributed by atoms with Gasteiger partial charge in [-0.25, -0.2) is 0 Å². The molecule has 2 aliphatic rings. The summed E-state index contributed by atoms with van der Waals surface area (Å²) in [5.41, 5.74) is 1.11. The molecule has 0 N–H and O–H groups in total. The zero-order valence-corrected chi connectivity index (χ0v) is 13.7. The number of likely N-dealkylation sites (N-methyl/N-ethyl adjacent to an activating group) is 1. The molecule has 1 atom stereocenters. The number of nitrogens with zero attached hydrogens (tertiary/aromatic N) is 2. The molecule has 3 nitrogen and oxygen atoms in total. The molecule has 3 rings (SSSR count). The second-order valence-electron chi connectivity index (χ2n) is 6.98. The maximum atomic E-state index is 12.5. The number of amides is 1. The number of hydrogen-bond donors (Lipinski definition) is 0. The Kier molecular flexibility index (Phi) is 5.01. The quantitative estimate of drug-likeness (QED) is 0.849. The highest BCUT2D eigenvalue weighted by Gasteiger charge is 2.32. The maximum absolute atomic E-state index is 12.5. The lowest BCUT2D eigenvalue weighted by atomic mass is 9.80. The van der Waals surface area contributed by atoms with Gasteiger partial charge >= 0.3 is 0 Å². The maximum Gasteiger partial charge on any atom is 0.242 e. The number of para-hydroxylation sites is 1. The topological polar surface area (TPSA) is 23.6 Å². The van der Waals surface area contributed by atoms with Crippen molar-refractivity contribution < 1.29 is 4.79 Å². The molecule has 1 aliphatic heterocycles. The summed E-state index contributed by atoms with van der Waals surface area (Å²) in [7, 11) is 2.00. The standard InChI is InChI=1S/C19H28N2O/c1-20(18-10-6-3-7-11-18)15-19(22)21-13-12-17(14-21)16-8-4-2-5-9-16/h3,6-7,10-11,16-17H,2,4-5,8-9,12-15H2,1H3. The zero-order valence-electron chi connectivity index (χ0n) is 13.7. The molecule has 1 saturated heterocycles. The number of carbonyl (C=O) groups is 1. The van der Waals surface area contributed by atoms with E-state index in [0.29, 0.717) is 6.54 Å². The van der Waals surface area contributed by atoms with Crippen LogP contribution in [-0.4, -0.2) is 37.5 Å². The van der Waals surface area contributed by atoms with Gasteiger partial charge in [-0.1, -0.05) is 50.3 Å². The average Bonchev–Trinajstić information content (AvgIpc) is 3.06. The van der Waals surface area contributed by atoms with Crippen molar-refractivity contribution in [2.45, 2.75) is 38.5 Å². The molecule has 0 aromatic heterocycles. The first-order valence-electron chi connectivity index (χ1n) is 8.78. The molecule has 0 spiro atoms. The highest BCUT2D eigenvalue weighted by atomic mass is 16.2. The molecule has 1 aromatic rings. The Labute approximate surface area is 134 Å². The monoisotopic (exact) mass is 300 g/mol. The Balaban J connectivity index is 1.51. The van der Waals surface area contributed by atoms with Crippen molar-refractivity contribution in [3.05, 3.63) is 30.3 Å². The van der Waals surface area contributed by atoms with Gasteiger partial charge < -0.3 is 9.80 Å². The number of carbonyl (C=O) groups excluding carboxylic acids is 1. The zero-order chi connectivity index (χ0) is 15.4. The normalized spacial score (nSPS) is 22.8. The van der Waals surface area contributed by atoms with Crippen LogP contribution in [0.25, 0.3) is 0 Å². The van der Waals surface area contributed by atoms with E-state index in [0.717, 1.165) is 30.6 Å². The van der Waals surface area contributed by atoms with Crippen LogP contribution in [0.1, 0.15) is 38.5 Å². The van der Waals surface area contributed by atoms with Crippen LogP contribution < -0.4 is 4.90 Å². The number of rotatable bonds is 4. The van der Waals surface area contributed by atoms with Crippen molar-refractivity contribution in [3.8, 4) is 0 Å². The number of benzene rings is 1. The van der Waals surface area contributed by atoms with Crippen molar-refractivity contribution in [1.82, 2.24) is 4.90 Å². The number of hydrogen-bond acceptors (Lipinski definition) is 2. The van der Waals surface area contributed by atoms with Crippen LogP contribution in [0.3, 0.4) is 0 Å². The Morgan fingerprint density at radius 3 is 2.55 bits per heavy atom. The SMILES string of the molecule is CN(CC(=O)N1CCC(C2CCCCC2)C1)c1ccccc1. The van der Waals surface area contributed by atoms with Crippen molar-refractivity contribution >= 4 is 11.6 Å². The van der Waals surface area contributed by atoms with Gasteiger partial charge in [0.25, 0.3) is 0 Å². The van der Waals surface area contributed by atoms with Crippen LogP contribution in [0.2, 0.25) is 0 Å². The first-order chi connectivity index (χ1) is 10.7. The van der Waals surface area contributed by atoms with Crippen LogP contribution in [0.5, 0.6) is 0 Å². The molecule has 1 aromatic carbocycles. The fourth-order valence-corrected chi connectivity index (χ4v) is 4.08. The van der Waals surface area contributed by atoms with Crippen LogP contribution in [-0.2, 0) is 4.79 Å². The first-order valence-corrected chi connectivity index (χ1v) is 8.78. The van der Waals surface area contributed by atoms with E-state index in [-0.39, 0.29) is 5.91 Å². The minimum absolute atomic E-state index is 0.282. The van der Waals surface area contributed by atoms with Gasteiger partial charge in [0.1, 0.15) is 0 Å². The van der Waals surface area contributed by atoms with Crippen molar-refractivity contribution in [2.24, 2.45) is 11.8 Å². The molecule has 1 unspecified atom stereocenters. The lowest BCUT2D eigenvalue weighted by molar-refractivity contribution is -0.128. The average molecular weight is 300 g/mol. The summed E-state index contributed by atoms with van der Waals surface area (Å²) in [5, 5.41) is 0. The fraction of sp³-hybridized carbons (Fsp3) is 0.632. The van der Waals surface area contributed by atoms with Crippen LogP contribution in [0.4, 0.5) is 5.69 Å². The highest BCUT2D eigenvalue weighted by Crippen LogP contribution is 2.35. The fourth-order valence-electron chi connectivity index (χ4n) is 4.08. The molecule has 2 fully saturated rings. The summed E-state index contributed by atoms with van der Waals surface area (Å²) >= 11 is 0. The Hall–Kier alpha value is -1.51. The summed E-state index contributed by atoms with van der Waals surface area (Å²) < 4.78 is 0. The van der Waals surface area contributed by atoms with E-state index in [9.17, 15) is 4.79 Å². The van der Waals surface area contributed by atoms with Gasteiger partial charge in [-0.2, -0.15) is 0 Å². The van der Waals surface area contributed by atoms with Gasteiger partial charge in [0.2, 0.25) is 5.91 Å². The van der Waals surface area contributed by atoms with E-state index < -0.39 is 0 Å². The first kappa shape index (κ1) is 15.4. The number of likely N-dealkylation sites (tertiary alicyclic amines) is 1. The van der Waals surface area contributed by atoms with Gasteiger partial charge in [-0.3, -0.25) is 4.79 Å². The second-order valence-corrected chi connectivity index (χ2v) is 6.98. The van der Waals surface area contributed by atoms with Crippen LogP contribution >= 0.6 is 0 Å². The lowest BCUT2D eigenvalue weighted by Crippen LogP contribution is -2.38. The Morgan fingerprint density at radius 2 is 1.82 bits per heavy atom. The summed E-state index contributed by atoms with van der Waals surface area (Å²) in [6, 6.07) is 10.2. The van der Waals surface area contributed by atoms with E-state index in [1.165, 1.54) is 38.5 Å². The third-order valence-corrected chi connectivity index (χ3v) is 5.46. The molecule has 120 valence electrons. The van der Waals surface area contributed by atoms with Crippen molar-refractivity contribution in [3.63, 3.8) is 0 Å². The van der Waals surface area contributed by atoms with E-state index >= 15 is 0 Å². The third kappa shape index (κ3) is 3.63. The molecule has 1 aliphatic carbocycles. The molecule has 0 radical (unpaired) electrons. The molecule has 0 bridgehead atoms. The molecular formula is C19H28N2O. The lowest BCUT2D eigenvalue weighted by Gasteiger charge is -2.28. The van der Waals surface area contributed by atoms with Crippen LogP contribution in [0, 0.1) is 11.8 Å². The van der Waals surface area contributed by atoms with Gasteiger partial charge in [-0.05, 0) is 30.4 Å². The highest BCUT2D eigenvalue weighted by molar-refractivity contribution is 5.81. The predicted molar refractivity (Wildman–Crippen MR) is 91.0 cm³/mol. The Bertz CT molecular complexity index is 481. The Morgan fingerprint density at radius 1 is 1.09 bits per heavy atom. The van der Waals surface area contributed by atoms with Crippen molar-refractivity contribution in [2.75, 3.05) is 31.6 Å². The molecular weight excluding hydrogens is 272 g/mol. The summed E-state index contributed by atoms with van der Waals surface area (Å²) in [6.45, 7) is 2.44. The molecule has 3 heteroatoms. The summed E-state index contributed by atoms with van der Waals surface area (Å²) in [5.74, 6) is 1.91. The minimum atomic E-state index is 0.282. The van der Waals surface area contributed by atoms with Crippen molar-refractivity contribution in [1.29, 1.82) is 0 Å². The van der Waals surface area contributed by atoms with Gasteiger partial charge in [-0.15, -0.1) is 0 Å². The second kappa shape index (κ2) is 7.17. The smallest absolute Gasteiger partial charge is 0.242 e. The molecule has 22 heavy (non-hydrogen) atoms. The van der Waals surface area contributed by atoms with Gasteiger partial charge in [0.05, 0.1) is 6.54 Å². The van der Waals surface area contributed by atoms with E-state index in [1.54, 1.807) is 0 Å². The third-order valence-electron chi connectivity index (χ3n) is 5.46. The van der Waals surface area contributed by atoms with E-state index in [2.05, 4.69) is 21.9 Å². The molecule has 1 amide bonds. The summed E-state index contributed by atoms with van der Waals surface area (Å²) in [6.07, 6.45) is 8.18.